The smallest absolute Gasteiger partial charge is 0.226 e. The number of carbonyl (C=O) groups excluding carboxylic acids is 1. The Kier molecular flexibility index (Phi) is 8.36. The number of hydrogen-bond donors (Lipinski definition) is 1. The molecule has 5 atom stereocenters. The van der Waals surface area contributed by atoms with Crippen molar-refractivity contribution in [2.75, 3.05) is 13.1 Å². The lowest BCUT2D eigenvalue weighted by Gasteiger charge is -2.39. The van der Waals surface area contributed by atoms with Crippen molar-refractivity contribution in [1.29, 1.82) is 5.26 Å². The molecule has 2 aliphatic carbocycles. The van der Waals surface area contributed by atoms with Crippen molar-refractivity contribution in [3.8, 4) is 17.2 Å². The predicted octanol–water partition coefficient (Wildman–Crippen LogP) is 8.63. The van der Waals surface area contributed by atoms with Gasteiger partial charge in [-0.15, -0.1) is 11.3 Å². The largest absolute Gasteiger partial charge is 0.370 e. The number of aryl methyl sites for hydroxylation is 3. The third-order valence-electron chi connectivity index (χ3n) is 11.4. The SMILES string of the molecule is Cc1nc(COC2CC(c3cc4c(C)nc5c(F)c(-c6cccc(Cl)c6Cl)c(CCC#N)cc5c4n3C3C4CNC3C4)N(C(=O)C3CC3)C2)cs1. The molecule has 8 nitrogen and oxygen atoms in total. The molecule has 5 fully saturated rings. The molecular weight excluding hydrogens is 706 g/mol. The van der Waals surface area contributed by atoms with E-state index in [1.165, 1.54) is 0 Å². The van der Waals surface area contributed by atoms with E-state index in [0.29, 0.717) is 64.7 Å². The normalized spacial score (nSPS) is 24.1. The van der Waals surface area contributed by atoms with Crippen LogP contribution in [0.25, 0.3) is 32.9 Å². The van der Waals surface area contributed by atoms with Crippen molar-refractivity contribution >= 4 is 62.3 Å². The standard InChI is InChI=1S/C39H37Cl2FN6O2S/c1-19-27-14-32(31-13-25(16-47(31)39(49)21-8-9-21)50-17-24-18-51-20(2)46-24)48(37-23-12-30(37)44-15-23)38(27)28-11-22(5-4-10-43)33(35(42)36(28)45-19)26-6-3-7-29(40)34(26)41/h3,6-7,11,14,18,21,23,25,30-31,37,44H,4-5,8-9,12-13,15-17H2,1-2H3. The fraction of sp³-hybridized carbons (Fsp3) is 0.436. The zero-order chi connectivity index (χ0) is 35.1. The number of ether oxygens (including phenoxy) is 1. The van der Waals surface area contributed by atoms with Gasteiger partial charge < -0.3 is 19.5 Å². The van der Waals surface area contributed by atoms with Crippen molar-refractivity contribution < 1.29 is 13.9 Å². The molecule has 6 heterocycles. The van der Waals surface area contributed by atoms with Crippen LogP contribution in [0.4, 0.5) is 4.39 Å². The first-order chi connectivity index (χ1) is 24.7. The van der Waals surface area contributed by atoms with Crippen LogP contribution in [0.3, 0.4) is 0 Å². The van der Waals surface area contributed by atoms with Crippen LogP contribution in [0.2, 0.25) is 10.0 Å². The average molecular weight is 744 g/mol. The summed E-state index contributed by atoms with van der Waals surface area (Å²) in [6.45, 7) is 5.77. The third-order valence-corrected chi connectivity index (χ3v) is 13.0. The molecule has 3 aromatic heterocycles. The number of pyridine rings is 1. The number of rotatable bonds is 9. The van der Waals surface area contributed by atoms with Gasteiger partial charge in [0.05, 0.1) is 57.1 Å². The molecule has 3 aliphatic heterocycles. The Balaban J connectivity index is 1.23. The van der Waals surface area contributed by atoms with Crippen LogP contribution in [-0.4, -0.2) is 50.6 Å². The molecule has 2 bridgehead atoms. The molecule has 1 N–H and O–H groups in total. The van der Waals surface area contributed by atoms with Gasteiger partial charge in [0.15, 0.2) is 5.82 Å². The van der Waals surface area contributed by atoms with Crippen molar-refractivity contribution in [1.82, 2.24) is 24.8 Å². The fourth-order valence-corrected chi connectivity index (χ4v) is 9.78. The zero-order valence-corrected chi connectivity index (χ0v) is 30.7. The van der Waals surface area contributed by atoms with Crippen molar-refractivity contribution in [2.24, 2.45) is 11.8 Å². The molecule has 2 saturated carbocycles. The molecule has 5 unspecified atom stereocenters. The summed E-state index contributed by atoms with van der Waals surface area (Å²) in [7, 11) is 0. The number of likely N-dealkylation sites (tertiary alicyclic amines) is 1. The number of nitrogens with one attached hydrogen (secondary N) is 1. The number of fused-ring (bicyclic) bond motifs is 4. The highest BCUT2D eigenvalue weighted by molar-refractivity contribution is 7.09. The fourth-order valence-electron chi connectivity index (χ4n) is 8.78. The summed E-state index contributed by atoms with van der Waals surface area (Å²) < 4.78 is 26.0. The van der Waals surface area contributed by atoms with Crippen LogP contribution < -0.4 is 5.32 Å². The number of aromatic nitrogens is 3. The van der Waals surface area contributed by atoms with Gasteiger partial charge in [0.1, 0.15) is 5.52 Å². The van der Waals surface area contributed by atoms with E-state index in [1.807, 2.05) is 25.3 Å². The summed E-state index contributed by atoms with van der Waals surface area (Å²) in [5.74, 6) is 0.198. The van der Waals surface area contributed by atoms with Gasteiger partial charge in [0.2, 0.25) is 5.91 Å². The average Bonchev–Trinajstić information content (AvgIpc) is 3.55. The van der Waals surface area contributed by atoms with E-state index in [-0.39, 0.29) is 53.0 Å². The summed E-state index contributed by atoms with van der Waals surface area (Å²) in [4.78, 5) is 25.5. The zero-order valence-electron chi connectivity index (χ0n) is 28.4. The Morgan fingerprint density at radius 3 is 2.73 bits per heavy atom. The summed E-state index contributed by atoms with van der Waals surface area (Å²) >= 11 is 14.7. The third kappa shape index (κ3) is 5.55. The number of nitrogens with zero attached hydrogens (tertiary/aromatic N) is 5. The summed E-state index contributed by atoms with van der Waals surface area (Å²) in [5, 5.41) is 18.6. The molecule has 5 aromatic rings. The van der Waals surface area contributed by atoms with Crippen LogP contribution >= 0.6 is 34.5 Å². The van der Waals surface area contributed by atoms with Gasteiger partial charge in [-0.25, -0.2) is 14.4 Å². The molecule has 3 saturated heterocycles. The summed E-state index contributed by atoms with van der Waals surface area (Å²) in [6, 6.07) is 11.9. The van der Waals surface area contributed by atoms with Gasteiger partial charge in [0.25, 0.3) is 0 Å². The molecular formula is C39H37Cl2FN6O2S. The van der Waals surface area contributed by atoms with Gasteiger partial charge in [-0.2, -0.15) is 5.26 Å². The van der Waals surface area contributed by atoms with Gasteiger partial charge in [-0.1, -0.05) is 35.3 Å². The number of hydrogen-bond acceptors (Lipinski definition) is 7. The van der Waals surface area contributed by atoms with Gasteiger partial charge in [-0.3, -0.25) is 4.79 Å². The number of thiazole rings is 1. The maximum absolute atomic E-state index is 17.2. The van der Waals surface area contributed by atoms with E-state index >= 15 is 4.39 Å². The minimum atomic E-state index is -0.476. The highest BCUT2D eigenvalue weighted by Gasteiger charge is 2.51. The van der Waals surface area contributed by atoms with Crippen LogP contribution in [0.1, 0.15) is 71.8 Å². The van der Waals surface area contributed by atoms with Crippen molar-refractivity contribution in [3.63, 3.8) is 0 Å². The maximum atomic E-state index is 17.2. The second-order valence-electron chi connectivity index (χ2n) is 14.6. The number of halogens is 3. The first kappa shape index (κ1) is 33.3. The van der Waals surface area contributed by atoms with Crippen LogP contribution in [0.5, 0.6) is 0 Å². The second-order valence-corrected chi connectivity index (χ2v) is 16.4. The number of nitriles is 1. The number of benzene rings is 2. The molecule has 2 aromatic carbocycles. The lowest BCUT2D eigenvalue weighted by Crippen LogP contribution is -2.41. The molecule has 0 radical (unpaired) electrons. The van der Waals surface area contributed by atoms with Crippen LogP contribution in [-0.2, 0) is 22.6 Å². The van der Waals surface area contributed by atoms with E-state index < -0.39 is 5.82 Å². The molecule has 12 heteroatoms. The van der Waals surface area contributed by atoms with Gasteiger partial charge in [0, 0.05) is 76.6 Å². The first-order valence-electron chi connectivity index (χ1n) is 17.8. The highest BCUT2D eigenvalue weighted by Crippen LogP contribution is 2.51. The van der Waals surface area contributed by atoms with E-state index in [9.17, 15) is 10.1 Å². The second kappa shape index (κ2) is 12.8. The minimum Gasteiger partial charge on any atom is -0.370 e. The number of carbonyl (C=O) groups is 1. The molecule has 1 amide bonds. The van der Waals surface area contributed by atoms with Crippen molar-refractivity contribution in [3.05, 3.63) is 79.2 Å². The maximum Gasteiger partial charge on any atom is 0.226 e. The van der Waals surface area contributed by atoms with Crippen molar-refractivity contribution in [2.45, 2.75) is 83.2 Å². The molecule has 262 valence electrons. The van der Waals surface area contributed by atoms with E-state index in [2.05, 4.69) is 31.9 Å². The Labute approximate surface area is 309 Å². The lowest BCUT2D eigenvalue weighted by molar-refractivity contribution is -0.134. The summed E-state index contributed by atoms with van der Waals surface area (Å²) in [6.07, 6.45) is 3.99. The monoisotopic (exact) mass is 742 g/mol. The predicted molar refractivity (Wildman–Crippen MR) is 197 cm³/mol. The Morgan fingerprint density at radius 2 is 2.02 bits per heavy atom. The van der Waals surface area contributed by atoms with Crippen LogP contribution in [0, 0.1) is 42.8 Å². The molecule has 51 heavy (non-hydrogen) atoms. The molecule has 0 spiro atoms. The Morgan fingerprint density at radius 1 is 1.18 bits per heavy atom. The molecule has 5 aliphatic rings. The summed E-state index contributed by atoms with van der Waals surface area (Å²) in [5.41, 5.74) is 5.35. The van der Waals surface area contributed by atoms with Crippen LogP contribution in [0.15, 0.2) is 35.7 Å². The Bertz CT molecular complexity index is 2260. The topological polar surface area (TPSA) is 96.1 Å². The lowest BCUT2D eigenvalue weighted by atomic mass is 9.79. The quantitative estimate of drug-likeness (QED) is 0.163. The van der Waals surface area contributed by atoms with E-state index in [4.69, 9.17) is 32.9 Å². The first-order valence-corrected chi connectivity index (χ1v) is 19.4. The highest BCUT2D eigenvalue weighted by atomic mass is 35.5. The molecule has 10 rings (SSSR count). The van der Waals surface area contributed by atoms with Gasteiger partial charge >= 0.3 is 0 Å². The minimum absolute atomic E-state index is 0.0598. The van der Waals surface area contributed by atoms with E-state index in [1.54, 1.807) is 29.5 Å². The van der Waals surface area contributed by atoms with E-state index in [0.717, 1.165) is 53.1 Å². The Hall–Kier alpha value is -3.59. The van der Waals surface area contributed by atoms with Gasteiger partial charge in [-0.05, 0) is 69.2 Å². The number of amides is 1.